The zero-order valence-corrected chi connectivity index (χ0v) is 16.0. The second kappa shape index (κ2) is 7.68. The van der Waals surface area contributed by atoms with Gasteiger partial charge in [0.15, 0.2) is 0 Å². The van der Waals surface area contributed by atoms with Gasteiger partial charge in [-0.2, -0.15) is 0 Å². The number of nitrogens with zero attached hydrogens (tertiary/aromatic N) is 1. The van der Waals surface area contributed by atoms with Crippen molar-refractivity contribution in [3.05, 3.63) is 64.1 Å². The van der Waals surface area contributed by atoms with Gasteiger partial charge < -0.3 is 10.2 Å². The van der Waals surface area contributed by atoms with Crippen molar-refractivity contribution >= 4 is 40.7 Å². The Morgan fingerprint density at radius 2 is 1.77 bits per heavy atom. The lowest BCUT2D eigenvalue weighted by Gasteiger charge is -2.26. The van der Waals surface area contributed by atoms with Gasteiger partial charge in [-0.05, 0) is 37.5 Å². The van der Waals surface area contributed by atoms with Crippen LogP contribution in [0.3, 0.4) is 0 Å². The van der Waals surface area contributed by atoms with Gasteiger partial charge in [0, 0.05) is 13.1 Å². The third kappa shape index (κ3) is 3.71. The van der Waals surface area contributed by atoms with Gasteiger partial charge >= 0.3 is 0 Å². The molecule has 26 heavy (non-hydrogen) atoms. The lowest BCUT2D eigenvalue weighted by atomic mass is 10.0. The molecule has 4 nitrogen and oxygen atoms in total. The number of rotatable bonds is 6. The summed E-state index contributed by atoms with van der Waals surface area (Å²) in [4.78, 5) is 27.6. The van der Waals surface area contributed by atoms with Gasteiger partial charge in [-0.25, -0.2) is 0 Å². The molecule has 0 aromatic heterocycles. The zero-order valence-electron chi connectivity index (χ0n) is 14.5. The standard InChI is InChI=1S/C20H20Cl2N2O2/c1-2-24(13-14-7-4-3-5-8-14)19(26)20(11-12-20)18(25)23-16-10-6-9-15(21)17(16)22/h3-10H,2,11-13H2,1H3,(H,23,25). The summed E-state index contributed by atoms with van der Waals surface area (Å²) in [6, 6.07) is 14.8. The number of hydrogen-bond acceptors (Lipinski definition) is 2. The molecule has 2 aromatic carbocycles. The van der Waals surface area contributed by atoms with E-state index in [0.717, 1.165) is 5.56 Å². The second-order valence-electron chi connectivity index (χ2n) is 6.44. The highest BCUT2D eigenvalue weighted by molar-refractivity contribution is 6.44. The van der Waals surface area contributed by atoms with Crippen LogP contribution >= 0.6 is 23.2 Å². The fourth-order valence-corrected chi connectivity index (χ4v) is 3.29. The van der Waals surface area contributed by atoms with Crippen LogP contribution in [0.15, 0.2) is 48.5 Å². The van der Waals surface area contributed by atoms with Crippen LogP contribution in [0.25, 0.3) is 0 Å². The first kappa shape index (κ1) is 18.7. The van der Waals surface area contributed by atoms with Crippen LogP contribution in [0.5, 0.6) is 0 Å². The molecule has 0 heterocycles. The highest BCUT2D eigenvalue weighted by Gasteiger charge is 2.57. The van der Waals surface area contributed by atoms with Gasteiger partial charge in [0.2, 0.25) is 11.8 Å². The smallest absolute Gasteiger partial charge is 0.240 e. The number of amides is 2. The monoisotopic (exact) mass is 390 g/mol. The van der Waals surface area contributed by atoms with E-state index >= 15 is 0 Å². The minimum absolute atomic E-state index is 0.139. The average Bonchev–Trinajstić information content (AvgIpc) is 3.46. The van der Waals surface area contributed by atoms with Gasteiger partial charge in [-0.15, -0.1) is 0 Å². The Bertz CT molecular complexity index is 820. The predicted octanol–water partition coefficient (Wildman–Crippen LogP) is 4.76. The molecule has 0 saturated heterocycles. The number of halogens is 2. The minimum atomic E-state index is -1.00. The van der Waals surface area contributed by atoms with E-state index in [2.05, 4.69) is 5.32 Å². The number of anilines is 1. The predicted molar refractivity (Wildman–Crippen MR) is 104 cm³/mol. The SMILES string of the molecule is CCN(Cc1ccccc1)C(=O)C1(C(=O)Nc2cccc(Cl)c2Cl)CC1. The summed E-state index contributed by atoms with van der Waals surface area (Å²) in [5.41, 5.74) is 0.460. The molecule has 3 rings (SSSR count). The fourth-order valence-electron chi connectivity index (χ4n) is 2.94. The van der Waals surface area contributed by atoms with Crippen molar-refractivity contribution in [2.45, 2.75) is 26.3 Å². The van der Waals surface area contributed by atoms with E-state index < -0.39 is 5.41 Å². The van der Waals surface area contributed by atoms with Crippen molar-refractivity contribution in [3.63, 3.8) is 0 Å². The summed E-state index contributed by atoms with van der Waals surface area (Å²) in [7, 11) is 0. The molecule has 1 fully saturated rings. The molecule has 1 aliphatic rings. The van der Waals surface area contributed by atoms with Crippen LogP contribution in [-0.4, -0.2) is 23.3 Å². The van der Waals surface area contributed by atoms with Crippen LogP contribution in [0.2, 0.25) is 10.0 Å². The van der Waals surface area contributed by atoms with Crippen molar-refractivity contribution in [3.8, 4) is 0 Å². The molecule has 1 saturated carbocycles. The van der Waals surface area contributed by atoms with Gasteiger partial charge in [0.1, 0.15) is 5.41 Å². The Morgan fingerprint density at radius 1 is 1.08 bits per heavy atom. The average molecular weight is 391 g/mol. The highest BCUT2D eigenvalue weighted by Crippen LogP contribution is 2.48. The van der Waals surface area contributed by atoms with Crippen molar-refractivity contribution in [2.75, 3.05) is 11.9 Å². The maximum atomic E-state index is 13.1. The summed E-state index contributed by atoms with van der Waals surface area (Å²) in [5.74, 6) is -0.460. The van der Waals surface area contributed by atoms with Crippen molar-refractivity contribution in [1.29, 1.82) is 0 Å². The largest absolute Gasteiger partial charge is 0.338 e. The van der Waals surface area contributed by atoms with Crippen molar-refractivity contribution < 1.29 is 9.59 Å². The number of benzene rings is 2. The third-order valence-corrected chi connectivity index (χ3v) is 5.50. The molecule has 0 bridgehead atoms. The Labute approximate surface area is 163 Å². The maximum Gasteiger partial charge on any atom is 0.240 e. The topological polar surface area (TPSA) is 49.4 Å². The zero-order chi connectivity index (χ0) is 18.7. The van der Waals surface area contributed by atoms with Crippen molar-refractivity contribution in [1.82, 2.24) is 4.90 Å². The summed E-state index contributed by atoms with van der Waals surface area (Å²) >= 11 is 12.1. The molecule has 0 radical (unpaired) electrons. The van der Waals surface area contributed by atoms with E-state index in [0.29, 0.717) is 36.6 Å². The fraction of sp³-hybridized carbons (Fsp3) is 0.300. The lowest BCUT2D eigenvalue weighted by Crippen LogP contribution is -2.42. The van der Waals surface area contributed by atoms with Crippen molar-refractivity contribution in [2.24, 2.45) is 5.41 Å². The molecule has 0 atom stereocenters. The number of hydrogen-bond donors (Lipinski definition) is 1. The van der Waals surface area contributed by atoms with Gasteiger partial charge in [0.25, 0.3) is 0 Å². The normalized spacial score (nSPS) is 14.6. The van der Waals surface area contributed by atoms with Crippen LogP contribution < -0.4 is 5.32 Å². The molecule has 1 N–H and O–H groups in total. The van der Waals surface area contributed by atoms with Crippen LogP contribution in [0, 0.1) is 5.41 Å². The Balaban J connectivity index is 1.75. The summed E-state index contributed by atoms with van der Waals surface area (Å²) in [5, 5.41) is 3.42. The second-order valence-corrected chi connectivity index (χ2v) is 7.23. The Hall–Kier alpha value is -2.04. The molecular weight excluding hydrogens is 371 g/mol. The maximum absolute atomic E-state index is 13.1. The summed E-state index contributed by atoms with van der Waals surface area (Å²) in [6.45, 7) is 2.95. The van der Waals surface area contributed by atoms with E-state index in [-0.39, 0.29) is 16.8 Å². The van der Waals surface area contributed by atoms with Gasteiger partial charge in [0.05, 0.1) is 15.7 Å². The number of carbonyl (C=O) groups is 2. The summed E-state index contributed by atoms with van der Waals surface area (Å²) in [6.07, 6.45) is 1.09. The number of nitrogens with one attached hydrogen (secondary N) is 1. The Morgan fingerprint density at radius 3 is 2.38 bits per heavy atom. The van der Waals surface area contributed by atoms with Crippen LogP contribution in [0.4, 0.5) is 5.69 Å². The van der Waals surface area contributed by atoms with Gasteiger partial charge in [-0.1, -0.05) is 59.6 Å². The number of carbonyl (C=O) groups excluding carboxylic acids is 2. The molecule has 0 aliphatic heterocycles. The van der Waals surface area contributed by atoms with E-state index in [1.807, 2.05) is 37.3 Å². The highest BCUT2D eigenvalue weighted by atomic mass is 35.5. The molecular formula is C20H20Cl2N2O2. The summed E-state index contributed by atoms with van der Waals surface area (Å²) < 4.78 is 0. The Kier molecular flexibility index (Phi) is 5.54. The first-order valence-electron chi connectivity index (χ1n) is 8.56. The molecule has 2 aromatic rings. The van der Waals surface area contributed by atoms with Crippen LogP contribution in [0.1, 0.15) is 25.3 Å². The lowest BCUT2D eigenvalue weighted by molar-refractivity contribution is -0.142. The minimum Gasteiger partial charge on any atom is -0.338 e. The van der Waals surface area contributed by atoms with E-state index in [4.69, 9.17) is 23.2 Å². The molecule has 1 aliphatic carbocycles. The molecule has 6 heteroatoms. The molecule has 136 valence electrons. The van der Waals surface area contributed by atoms with E-state index in [9.17, 15) is 9.59 Å². The first-order chi connectivity index (χ1) is 12.5. The van der Waals surface area contributed by atoms with E-state index in [1.165, 1.54) is 0 Å². The van der Waals surface area contributed by atoms with E-state index in [1.54, 1.807) is 23.1 Å². The third-order valence-electron chi connectivity index (χ3n) is 4.68. The molecule has 2 amide bonds. The van der Waals surface area contributed by atoms with Crippen LogP contribution in [-0.2, 0) is 16.1 Å². The van der Waals surface area contributed by atoms with Gasteiger partial charge in [-0.3, -0.25) is 9.59 Å². The molecule has 0 unspecified atom stereocenters. The first-order valence-corrected chi connectivity index (χ1v) is 9.32. The molecule has 0 spiro atoms. The quantitative estimate of drug-likeness (QED) is 0.722.